The van der Waals surface area contributed by atoms with Gasteiger partial charge in [0.25, 0.3) is 5.91 Å². The molecule has 8 heteroatoms. The van der Waals surface area contributed by atoms with Gasteiger partial charge in [0.15, 0.2) is 5.54 Å². The minimum Gasteiger partial charge on any atom is -0.479 e. The second-order valence-corrected chi connectivity index (χ2v) is 7.59. The van der Waals surface area contributed by atoms with Crippen molar-refractivity contribution in [1.82, 2.24) is 15.1 Å². The van der Waals surface area contributed by atoms with Crippen LogP contribution in [0, 0.1) is 12.8 Å². The molecule has 3 N–H and O–H groups in total. The number of amides is 2. The van der Waals surface area contributed by atoms with Crippen LogP contribution in [0.25, 0.3) is 0 Å². The number of rotatable bonds is 7. The van der Waals surface area contributed by atoms with Gasteiger partial charge >= 0.3 is 5.97 Å². The highest BCUT2D eigenvalue weighted by Gasteiger charge is 2.31. The van der Waals surface area contributed by atoms with E-state index in [0.717, 1.165) is 5.56 Å². The van der Waals surface area contributed by atoms with Crippen molar-refractivity contribution in [3.63, 3.8) is 0 Å². The molecule has 1 aromatic carbocycles. The van der Waals surface area contributed by atoms with Crippen molar-refractivity contribution < 1.29 is 19.5 Å². The van der Waals surface area contributed by atoms with Crippen LogP contribution in [0.2, 0.25) is 0 Å². The molecule has 2 rings (SSSR count). The highest BCUT2D eigenvalue weighted by Crippen LogP contribution is 2.18. The van der Waals surface area contributed by atoms with E-state index in [0.29, 0.717) is 11.3 Å². The second kappa shape index (κ2) is 8.24. The van der Waals surface area contributed by atoms with Gasteiger partial charge in [0.05, 0.1) is 11.9 Å². The van der Waals surface area contributed by atoms with Crippen LogP contribution in [0.1, 0.15) is 43.6 Å². The monoisotopic (exact) mass is 386 g/mol. The topological polar surface area (TPSA) is 113 Å². The number of hydrogen-bond donors (Lipinski definition) is 3. The molecule has 28 heavy (non-hydrogen) atoms. The number of benzene rings is 1. The van der Waals surface area contributed by atoms with Crippen molar-refractivity contribution in [2.75, 3.05) is 5.32 Å². The number of carboxylic acids is 1. The van der Waals surface area contributed by atoms with Crippen LogP contribution in [0.4, 0.5) is 5.69 Å². The van der Waals surface area contributed by atoms with Gasteiger partial charge in [-0.15, -0.1) is 0 Å². The van der Waals surface area contributed by atoms with E-state index in [1.54, 1.807) is 18.2 Å². The standard InChI is InChI=1S/C20H26N4O4/c1-12(2)16(23-17(25)14-8-6-7-13(3)9-14)18(26)22-15-10-21-24(11-15)20(4,5)19(27)28/h6-12,16H,1-5H3,(H,22,26)(H,23,25)(H,27,28). The summed E-state index contributed by atoms with van der Waals surface area (Å²) in [5, 5.41) is 18.8. The number of aryl methyl sites for hydroxylation is 1. The first kappa shape index (κ1) is 21.1. The maximum Gasteiger partial charge on any atom is 0.331 e. The molecule has 0 aliphatic carbocycles. The number of aromatic nitrogens is 2. The van der Waals surface area contributed by atoms with E-state index in [2.05, 4.69) is 15.7 Å². The Balaban J connectivity index is 2.12. The molecule has 1 unspecified atom stereocenters. The smallest absolute Gasteiger partial charge is 0.331 e. The minimum absolute atomic E-state index is 0.153. The zero-order valence-electron chi connectivity index (χ0n) is 16.7. The Morgan fingerprint density at radius 2 is 1.89 bits per heavy atom. The summed E-state index contributed by atoms with van der Waals surface area (Å²) in [7, 11) is 0. The minimum atomic E-state index is -1.25. The van der Waals surface area contributed by atoms with Gasteiger partial charge in [-0.25, -0.2) is 4.79 Å². The molecule has 8 nitrogen and oxygen atoms in total. The zero-order chi connectivity index (χ0) is 21.1. The summed E-state index contributed by atoms with van der Waals surface area (Å²) in [6.07, 6.45) is 2.83. The van der Waals surface area contributed by atoms with Crippen LogP contribution in [-0.2, 0) is 15.1 Å². The predicted molar refractivity (Wildman–Crippen MR) is 105 cm³/mol. The Labute approximate surface area is 163 Å². The first-order valence-corrected chi connectivity index (χ1v) is 8.99. The first-order valence-electron chi connectivity index (χ1n) is 8.99. The fourth-order valence-electron chi connectivity index (χ4n) is 2.56. The number of carboxylic acid groups (broad SMARTS) is 1. The van der Waals surface area contributed by atoms with Crippen molar-refractivity contribution in [3.8, 4) is 0 Å². The fraction of sp³-hybridized carbons (Fsp3) is 0.400. The Bertz CT molecular complexity index is 886. The zero-order valence-corrected chi connectivity index (χ0v) is 16.7. The summed E-state index contributed by atoms with van der Waals surface area (Å²) in [6.45, 7) is 8.56. The highest BCUT2D eigenvalue weighted by atomic mass is 16.4. The SMILES string of the molecule is Cc1cccc(C(=O)NC(C(=O)Nc2cnn(C(C)(C)C(=O)O)c2)C(C)C)c1. The normalized spacial score (nSPS) is 12.5. The largest absolute Gasteiger partial charge is 0.479 e. The van der Waals surface area contributed by atoms with Gasteiger partial charge in [0.2, 0.25) is 5.91 Å². The summed E-state index contributed by atoms with van der Waals surface area (Å²) >= 11 is 0. The van der Waals surface area contributed by atoms with E-state index in [1.807, 2.05) is 26.8 Å². The molecule has 2 aromatic rings. The molecule has 0 spiro atoms. The molecule has 0 fully saturated rings. The van der Waals surface area contributed by atoms with Crippen LogP contribution in [-0.4, -0.2) is 38.7 Å². The maximum atomic E-state index is 12.7. The molecule has 0 radical (unpaired) electrons. The van der Waals surface area contributed by atoms with E-state index < -0.39 is 23.5 Å². The van der Waals surface area contributed by atoms with Crippen molar-refractivity contribution in [3.05, 3.63) is 47.8 Å². The number of nitrogens with one attached hydrogen (secondary N) is 2. The van der Waals surface area contributed by atoms with Gasteiger partial charge in [-0.1, -0.05) is 31.5 Å². The molecule has 0 saturated heterocycles. The summed E-state index contributed by atoms with van der Waals surface area (Å²) < 4.78 is 1.26. The van der Waals surface area contributed by atoms with Crippen LogP contribution in [0.5, 0.6) is 0 Å². The molecule has 0 saturated carbocycles. The molecule has 150 valence electrons. The quantitative estimate of drug-likeness (QED) is 0.676. The Kier molecular flexibility index (Phi) is 6.23. The van der Waals surface area contributed by atoms with Gasteiger partial charge in [-0.3, -0.25) is 14.3 Å². The summed E-state index contributed by atoms with van der Waals surface area (Å²) in [4.78, 5) is 36.5. The van der Waals surface area contributed by atoms with Gasteiger partial charge in [0, 0.05) is 11.8 Å². The molecule has 0 aliphatic heterocycles. The number of nitrogens with zero attached hydrogens (tertiary/aromatic N) is 2. The summed E-state index contributed by atoms with van der Waals surface area (Å²) in [5.41, 5.74) is 0.538. The second-order valence-electron chi connectivity index (χ2n) is 7.59. The van der Waals surface area contributed by atoms with Gasteiger partial charge < -0.3 is 15.7 Å². The number of aliphatic carboxylic acids is 1. The Hall–Kier alpha value is -3.16. The molecule has 0 aliphatic rings. The molecular formula is C20H26N4O4. The van der Waals surface area contributed by atoms with E-state index in [1.165, 1.54) is 30.9 Å². The lowest BCUT2D eigenvalue weighted by atomic mass is 10.0. The van der Waals surface area contributed by atoms with Crippen molar-refractivity contribution in [1.29, 1.82) is 0 Å². The third-order valence-corrected chi connectivity index (χ3v) is 4.46. The predicted octanol–water partition coefficient (Wildman–Crippen LogP) is 2.40. The maximum absolute atomic E-state index is 12.7. The number of carbonyl (C=O) groups is 3. The average Bonchev–Trinajstić information content (AvgIpc) is 3.08. The van der Waals surface area contributed by atoms with E-state index in [4.69, 9.17) is 0 Å². The van der Waals surface area contributed by atoms with E-state index in [-0.39, 0.29) is 11.8 Å². The van der Waals surface area contributed by atoms with Crippen LogP contribution < -0.4 is 10.6 Å². The fourth-order valence-corrected chi connectivity index (χ4v) is 2.56. The molecule has 1 heterocycles. The average molecular weight is 386 g/mol. The van der Waals surface area contributed by atoms with Crippen LogP contribution in [0.15, 0.2) is 36.7 Å². The van der Waals surface area contributed by atoms with Crippen molar-refractivity contribution >= 4 is 23.5 Å². The third kappa shape index (κ3) is 4.76. The van der Waals surface area contributed by atoms with Gasteiger partial charge in [-0.2, -0.15) is 5.10 Å². The van der Waals surface area contributed by atoms with Gasteiger partial charge in [-0.05, 0) is 38.8 Å². The number of carbonyl (C=O) groups excluding carboxylic acids is 2. The molecule has 2 amide bonds. The van der Waals surface area contributed by atoms with Crippen molar-refractivity contribution in [2.45, 2.75) is 46.2 Å². The van der Waals surface area contributed by atoms with Crippen molar-refractivity contribution in [2.24, 2.45) is 5.92 Å². The lowest BCUT2D eigenvalue weighted by Gasteiger charge is -2.22. The first-order chi connectivity index (χ1) is 13.0. The molecule has 1 aromatic heterocycles. The van der Waals surface area contributed by atoms with E-state index >= 15 is 0 Å². The third-order valence-electron chi connectivity index (χ3n) is 4.46. The number of hydrogen-bond acceptors (Lipinski definition) is 4. The Morgan fingerprint density at radius 1 is 1.21 bits per heavy atom. The van der Waals surface area contributed by atoms with Gasteiger partial charge in [0.1, 0.15) is 6.04 Å². The lowest BCUT2D eigenvalue weighted by molar-refractivity contribution is -0.146. The summed E-state index contributed by atoms with van der Waals surface area (Å²) in [5.74, 6) is -1.93. The highest BCUT2D eigenvalue weighted by molar-refractivity contribution is 6.01. The number of anilines is 1. The molecule has 1 atom stereocenters. The summed E-state index contributed by atoms with van der Waals surface area (Å²) in [6, 6.07) is 6.36. The Morgan fingerprint density at radius 3 is 2.46 bits per heavy atom. The molecular weight excluding hydrogens is 360 g/mol. The lowest BCUT2D eigenvalue weighted by Crippen LogP contribution is -2.47. The molecule has 0 bridgehead atoms. The van der Waals surface area contributed by atoms with E-state index in [9.17, 15) is 19.5 Å². The van der Waals surface area contributed by atoms with Crippen LogP contribution >= 0.6 is 0 Å². The van der Waals surface area contributed by atoms with Crippen LogP contribution in [0.3, 0.4) is 0 Å².